The van der Waals surface area contributed by atoms with Crippen LogP contribution in [0.2, 0.25) is 0 Å². The number of aliphatic hydroxyl groups is 2. The van der Waals surface area contributed by atoms with Gasteiger partial charge in [-0.15, -0.1) is 0 Å². The van der Waals surface area contributed by atoms with Crippen molar-refractivity contribution in [3.63, 3.8) is 0 Å². The van der Waals surface area contributed by atoms with Gasteiger partial charge >= 0.3 is 11.9 Å². The maximum atomic E-state index is 11.2. The Kier molecular flexibility index (Phi) is 10.4. The van der Waals surface area contributed by atoms with Crippen LogP contribution < -0.4 is 0 Å². The lowest BCUT2D eigenvalue weighted by atomic mass is 10.1. The van der Waals surface area contributed by atoms with Crippen LogP contribution in [0.3, 0.4) is 0 Å². The quantitative estimate of drug-likeness (QED) is 0.436. The van der Waals surface area contributed by atoms with Crippen LogP contribution in [-0.2, 0) is 38.0 Å². The maximum Gasteiger partial charge on any atom is 0.337 e. The molecule has 30 heavy (non-hydrogen) atoms. The van der Waals surface area contributed by atoms with Crippen molar-refractivity contribution in [2.75, 3.05) is 26.4 Å². The van der Waals surface area contributed by atoms with Crippen molar-refractivity contribution in [3.05, 3.63) is 12.2 Å². The van der Waals surface area contributed by atoms with Crippen molar-refractivity contribution in [3.8, 4) is 0 Å². The number of esters is 2. The molecule has 0 saturated carbocycles. The van der Waals surface area contributed by atoms with E-state index in [-0.39, 0.29) is 25.3 Å². The summed E-state index contributed by atoms with van der Waals surface area (Å²) in [6.07, 6.45) is -0.807. The first-order valence-corrected chi connectivity index (χ1v) is 9.92. The summed E-state index contributed by atoms with van der Waals surface area (Å²) in [6, 6.07) is 0. The molecule has 174 valence electrons. The normalized spacial score (nSPS) is 26.5. The highest BCUT2D eigenvalue weighted by molar-refractivity contribution is 5.81. The van der Waals surface area contributed by atoms with E-state index in [4.69, 9.17) is 23.7 Å². The molecule has 10 heteroatoms. The fraction of sp³-hybridized carbons (Fsp3) is 0.800. The zero-order valence-corrected chi connectivity index (χ0v) is 18.5. The first kappa shape index (κ1) is 26.5. The third-order valence-corrected chi connectivity index (χ3v) is 4.03. The summed E-state index contributed by atoms with van der Waals surface area (Å²) >= 11 is 0. The summed E-state index contributed by atoms with van der Waals surface area (Å²) in [6.45, 7) is 11.6. The van der Waals surface area contributed by atoms with E-state index in [2.05, 4.69) is 4.74 Å². The molecule has 0 aromatic rings. The SMILES string of the molecule is CCOC(=O)/C=C/[C@H]1COC(C)(C)O1.CCOC(=O)[C@@H](O)[C@H](O)[C@H]1COC(C)(C)O1. The molecule has 2 N–H and O–H groups in total. The Hall–Kier alpha value is -1.56. The molecule has 2 fully saturated rings. The summed E-state index contributed by atoms with van der Waals surface area (Å²) < 4.78 is 30.6. The second kappa shape index (κ2) is 11.7. The molecule has 0 spiro atoms. The third kappa shape index (κ3) is 9.07. The van der Waals surface area contributed by atoms with E-state index < -0.39 is 35.9 Å². The zero-order valence-electron chi connectivity index (χ0n) is 18.5. The molecule has 0 aromatic heterocycles. The van der Waals surface area contributed by atoms with Gasteiger partial charge < -0.3 is 38.6 Å². The van der Waals surface area contributed by atoms with Crippen molar-refractivity contribution in [1.29, 1.82) is 0 Å². The molecule has 2 heterocycles. The van der Waals surface area contributed by atoms with Crippen molar-refractivity contribution in [2.24, 2.45) is 0 Å². The number of hydrogen-bond donors (Lipinski definition) is 2. The molecule has 0 radical (unpaired) electrons. The van der Waals surface area contributed by atoms with Gasteiger partial charge in [0.2, 0.25) is 0 Å². The van der Waals surface area contributed by atoms with E-state index in [0.717, 1.165) is 0 Å². The molecular formula is C20H34O10. The predicted octanol–water partition coefficient (Wildman–Crippen LogP) is 0.680. The summed E-state index contributed by atoms with van der Waals surface area (Å²) in [5.74, 6) is -2.56. The molecule has 0 unspecified atom stereocenters. The summed E-state index contributed by atoms with van der Waals surface area (Å²) in [4.78, 5) is 22.1. The average Bonchev–Trinajstić information content (AvgIpc) is 3.20. The number of carbonyl (C=O) groups is 2. The van der Waals surface area contributed by atoms with Gasteiger partial charge in [-0.3, -0.25) is 0 Å². The van der Waals surface area contributed by atoms with Crippen LogP contribution in [0.4, 0.5) is 0 Å². The topological polar surface area (TPSA) is 130 Å². The highest BCUT2D eigenvalue weighted by atomic mass is 16.8. The van der Waals surface area contributed by atoms with E-state index in [1.54, 1.807) is 33.8 Å². The zero-order chi connectivity index (χ0) is 22.9. The monoisotopic (exact) mass is 434 g/mol. The van der Waals surface area contributed by atoms with Gasteiger partial charge in [0.05, 0.1) is 26.4 Å². The van der Waals surface area contributed by atoms with Crippen molar-refractivity contribution >= 4 is 11.9 Å². The van der Waals surface area contributed by atoms with Gasteiger partial charge in [-0.05, 0) is 47.6 Å². The van der Waals surface area contributed by atoms with Crippen LogP contribution in [-0.4, -0.2) is 84.6 Å². The number of carbonyl (C=O) groups excluding carboxylic acids is 2. The van der Waals surface area contributed by atoms with Gasteiger partial charge in [-0.2, -0.15) is 0 Å². The van der Waals surface area contributed by atoms with E-state index in [1.165, 1.54) is 6.08 Å². The van der Waals surface area contributed by atoms with E-state index in [1.807, 2.05) is 13.8 Å². The van der Waals surface area contributed by atoms with Crippen LogP contribution in [0, 0.1) is 0 Å². The molecule has 0 amide bonds. The number of hydrogen-bond acceptors (Lipinski definition) is 10. The predicted molar refractivity (Wildman–Crippen MR) is 104 cm³/mol. The number of rotatable bonds is 7. The first-order chi connectivity index (χ1) is 13.9. The Bertz CT molecular complexity index is 586. The summed E-state index contributed by atoms with van der Waals surface area (Å²) in [7, 11) is 0. The fourth-order valence-corrected chi connectivity index (χ4v) is 2.64. The summed E-state index contributed by atoms with van der Waals surface area (Å²) in [5.41, 5.74) is 0. The molecular weight excluding hydrogens is 400 g/mol. The number of ether oxygens (including phenoxy) is 6. The van der Waals surface area contributed by atoms with E-state index in [0.29, 0.717) is 13.2 Å². The number of aliphatic hydroxyl groups excluding tert-OH is 2. The lowest BCUT2D eigenvalue weighted by molar-refractivity contribution is -0.176. The average molecular weight is 434 g/mol. The minimum absolute atomic E-state index is 0.130. The second-order valence-corrected chi connectivity index (χ2v) is 7.53. The molecule has 2 saturated heterocycles. The Morgan fingerprint density at radius 1 is 1.00 bits per heavy atom. The lowest BCUT2D eigenvalue weighted by Crippen LogP contribution is -2.44. The van der Waals surface area contributed by atoms with Gasteiger partial charge in [0, 0.05) is 6.08 Å². The molecule has 2 aliphatic heterocycles. The van der Waals surface area contributed by atoms with Gasteiger partial charge in [-0.25, -0.2) is 9.59 Å². The van der Waals surface area contributed by atoms with Crippen molar-refractivity contribution in [1.82, 2.24) is 0 Å². The highest BCUT2D eigenvalue weighted by Gasteiger charge is 2.41. The molecule has 0 aliphatic carbocycles. The Balaban J connectivity index is 0.000000303. The molecule has 0 bridgehead atoms. The van der Waals surface area contributed by atoms with Crippen molar-refractivity contribution in [2.45, 2.75) is 77.5 Å². The van der Waals surface area contributed by atoms with Crippen LogP contribution in [0.5, 0.6) is 0 Å². The maximum absolute atomic E-state index is 11.2. The molecule has 0 aromatic carbocycles. The van der Waals surface area contributed by atoms with Crippen LogP contribution in [0.25, 0.3) is 0 Å². The fourth-order valence-electron chi connectivity index (χ4n) is 2.64. The Morgan fingerprint density at radius 3 is 2.03 bits per heavy atom. The van der Waals surface area contributed by atoms with Gasteiger partial charge in [-0.1, -0.05) is 0 Å². The lowest BCUT2D eigenvalue weighted by Gasteiger charge is -2.22. The van der Waals surface area contributed by atoms with Crippen LogP contribution >= 0.6 is 0 Å². The standard InChI is InChI=1S/C10H18O6.C10H16O4/c1-4-14-9(13)8(12)7(11)6-5-15-10(2,3)16-6;1-4-12-9(11)6-5-8-7-13-10(2,3)14-8/h6-8,11-12H,4-5H2,1-3H3;5-6,8H,4,7H2,1-3H3/b;6-5+/t6-,7-,8+;8-/m10/s1. The summed E-state index contributed by atoms with van der Waals surface area (Å²) in [5, 5.41) is 19.2. The van der Waals surface area contributed by atoms with Crippen molar-refractivity contribution < 1.29 is 48.2 Å². The van der Waals surface area contributed by atoms with Gasteiger partial charge in [0.15, 0.2) is 17.7 Å². The van der Waals surface area contributed by atoms with E-state index in [9.17, 15) is 19.8 Å². The molecule has 2 rings (SSSR count). The van der Waals surface area contributed by atoms with Gasteiger partial charge in [0.1, 0.15) is 18.3 Å². The van der Waals surface area contributed by atoms with Crippen LogP contribution in [0.15, 0.2) is 12.2 Å². The Labute approximate surface area is 177 Å². The van der Waals surface area contributed by atoms with Gasteiger partial charge in [0.25, 0.3) is 0 Å². The van der Waals surface area contributed by atoms with E-state index >= 15 is 0 Å². The minimum Gasteiger partial charge on any atom is -0.464 e. The minimum atomic E-state index is -1.61. The largest absolute Gasteiger partial charge is 0.464 e. The first-order valence-electron chi connectivity index (χ1n) is 9.92. The molecule has 2 aliphatic rings. The Morgan fingerprint density at radius 2 is 1.57 bits per heavy atom. The van der Waals surface area contributed by atoms with Crippen LogP contribution in [0.1, 0.15) is 41.5 Å². The smallest absolute Gasteiger partial charge is 0.337 e. The molecule has 4 atom stereocenters. The highest BCUT2D eigenvalue weighted by Crippen LogP contribution is 2.25. The second-order valence-electron chi connectivity index (χ2n) is 7.53. The third-order valence-electron chi connectivity index (χ3n) is 4.03. The molecule has 10 nitrogen and oxygen atoms in total.